The zero-order valence-electron chi connectivity index (χ0n) is 11.3. The van der Waals surface area contributed by atoms with Gasteiger partial charge in [0, 0.05) is 12.6 Å². The van der Waals surface area contributed by atoms with Gasteiger partial charge in [-0.25, -0.2) is 0 Å². The van der Waals surface area contributed by atoms with Gasteiger partial charge in [0.2, 0.25) is 0 Å². The van der Waals surface area contributed by atoms with Crippen molar-refractivity contribution in [2.75, 3.05) is 13.1 Å². The van der Waals surface area contributed by atoms with Crippen LogP contribution in [0.4, 0.5) is 0 Å². The molecule has 4 nitrogen and oxygen atoms in total. The van der Waals surface area contributed by atoms with Crippen molar-refractivity contribution < 1.29 is 15.0 Å². The summed E-state index contributed by atoms with van der Waals surface area (Å²) in [5.74, 6) is -0.949. The molecule has 1 saturated carbocycles. The second-order valence-corrected chi connectivity index (χ2v) is 6.01. The molecule has 0 radical (unpaired) electrons. The molecule has 1 atom stereocenters. The highest BCUT2D eigenvalue weighted by Crippen LogP contribution is 2.34. The predicted octanol–water partition coefficient (Wildman–Crippen LogP) is 1.87. The molecule has 0 aromatic carbocycles. The maximum absolute atomic E-state index is 10.9. The molecule has 2 aliphatic rings. The van der Waals surface area contributed by atoms with E-state index in [4.69, 9.17) is 5.11 Å². The van der Waals surface area contributed by atoms with Gasteiger partial charge in [-0.2, -0.15) is 0 Å². The van der Waals surface area contributed by atoms with Gasteiger partial charge in [-0.05, 0) is 51.5 Å². The predicted molar refractivity (Wildman–Crippen MR) is 69.4 cm³/mol. The lowest BCUT2D eigenvalue weighted by Gasteiger charge is -2.39. The summed E-state index contributed by atoms with van der Waals surface area (Å²) >= 11 is 0. The van der Waals surface area contributed by atoms with Crippen molar-refractivity contribution in [1.29, 1.82) is 0 Å². The molecule has 4 heteroatoms. The first-order valence-electron chi connectivity index (χ1n) is 7.23. The lowest BCUT2D eigenvalue weighted by Crippen LogP contribution is -2.47. The first kappa shape index (κ1) is 13.8. The van der Waals surface area contributed by atoms with Crippen molar-refractivity contribution in [3.63, 3.8) is 0 Å². The van der Waals surface area contributed by atoms with Crippen molar-refractivity contribution in [3.05, 3.63) is 0 Å². The average Bonchev–Trinajstić information content (AvgIpc) is 2.76. The minimum atomic E-state index is -0.704. The minimum Gasteiger partial charge on any atom is -0.481 e. The van der Waals surface area contributed by atoms with E-state index >= 15 is 0 Å². The molecule has 0 aromatic heterocycles. The molecule has 1 saturated heterocycles. The van der Waals surface area contributed by atoms with Gasteiger partial charge in [0.05, 0.1) is 11.5 Å². The number of carbonyl (C=O) groups is 1. The third-order valence-electron chi connectivity index (χ3n) is 4.73. The second-order valence-electron chi connectivity index (χ2n) is 6.01. The van der Waals surface area contributed by atoms with Gasteiger partial charge in [-0.3, -0.25) is 9.69 Å². The number of hydrogen-bond donors (Lipinski definition) is 2. The van der Waals surface area contributed by atoms with Gasteiger partial charge < -0.3 is 10.2 Å². The number of nitrogens with zero attached hydrogens (tertiary/aromatic N) is 1. The van der Waals surface area contributed by atoms with Crippen molar-refractivity contribution in [1.82, 2.24) is 4.90 Å². The number of β-amino-alcohol motifs (C(OH)–C–C–N with tert-alkyl or cyclic N) is 1. The van der Waals surface area contributed by atoms with Crippen LogP contribution in [0.2, 0.25) is 0 Å². The maximum atomic E-state index is 10.9. The highest BCUT2D eigenvalue weighted by atomic mass is 16.4. The van der Waals surface area contributed by atoms with Crippen LogP contribution >= 0.6 is 0 Å². The van der Waals surface area contributed by atoms with Crippen molar-refractivity contribution >= 4 is 5.97 Å². The van der Waals surface area contributed by atoms with E-state index < -0.39 is 11.6 Å². The average molecular weight is 255 g/mol. The molecule has 1 aliphatic heterocycles. The molecule has 1 unspecified atom stereocenters. The van der Waals surface area contributed by atoms with Crippen molar-refractivity contribution in [2.45, 2.75) is 63.5 Å². The summed E-state index contributed by atoms with van der Waals surface area (Å²) in [5.41, 5.74) is -0.649. The van der Waals surface area contributed by atoms with Gasteiger partial charge in [0.15, 0.2) is 0 Å². The highest BCUT2D eigenvalue weighted by molar-refractivity contribution is 5.70. The third-order valence-corrected chi connectivity index (χ3v) is 4.73. The molecular formula is C14H25NO3. The summed E-state index contributed by atoms with van der Waals surface area (Å²) in [6.07, 6.45) is 6.13. The van der Waals surface area contributed by atoms with Crippen LogP contribution in [-0.2, 0) is 4.79 Å². The summed E-state index contributed by atoms with van der Waals surface area (Å²) in [4.78, 5) is 13.3. The zero-order chi connectivity index (χ0) is 13.2. The molecule has 0 spiro atoms. The fourth-order valence-corrected chi connectivity index (χ4v) is 3.50. The van der Waals surface area contributed by atoms with E-state index in [1.807, 2.05) is 0 Å². The molecule has 2 fully saturated rings. The molecule has 2 rings (SSSR count). The van der Waals surface area contributed by atoms with Gasteiger partial charge in [0.25, 0.3) is 0 Å². The van der Waals surface area contributed by atoms with Crippen LogP contribution in [0.25, 0.3) is 0 Å². The van der Waals surface area contributed by atoms with E-state index in [0.29, 0.717) is 31.7 Å². The molecule has 0 bridgehead atoms. The normalized spacial score (nSPS) is 37.9. The molecule has 2 N–H and O–H groups in total. The smallest absolute Gasteiger partial charge is 0.306 e. The highest BCUT2D eigenvalue weighted by Gasteiger charge is 2.38. The van der Waals surface area contributed by atoms with E-state index in [1.54, 1.807) is 0 Å². The van der Waals surface area contributed by atoms with Gasteiger partial charge in [0.1, 0.15) is 0 Å². The third kappa shape index (κ3) is 3.04. The van der Waals surface area contributed by atoms with Crippen molar-refractivity contribution in [2.24, 2.45) is 5.92 Å². The van der Waals surface area contributed by atoms with Crippen LogP contribution in [0.3, 0.4) is 0 Å². The standard InChI is InChI=1S/C14H25NO3/c1-2-12-4-3-9-15(12)10-14(18)7-5-11(6-8-14)13(16)17/h11-12,18H,2-10H2,1H3,(H,16,17). The summed E-state index contributed by atoms with van der Waals surface area (Å²) in [7, 11) is 0. The summed E-state index contributed by atoms with van der Waals surface area (Å²) in [6.45, 7) is 4.02. The molecule has 1 heterocycles. The number of aliphatic carboxylic acids is 1. The van der Waals surface area contributed by atoms with Crippen LogP contribution < -0.4 is 0 Å². The molecule has 18 heavy (non-hydrogen) atoms. The van der Waals surface area contributed by atoms with E-state index in [1.165, 1.54) is 12.8 Å². The van der Waals surface area contributed by atoms with E-state index in [-0.39, 0.29) is 5.92 Å². The quantitative estimate of drug-likeness (QED) is 0.805. The second kappa shape index (κ2) is 5.57. The van der Waals surface area contributed by atoms with Gasteiger partial charge >= 0.3 is 5.97 Å². The van der Waals surface area contributed by atoms with E-state index in [0.717, 1.165) is 19.5 Å². The molecular weight excluding hydrogens is 230 g/mol. The van der Waals surface area contributed by atoms with Crippen LogP contribution in [0.15, 0.2) is 0 Å². The van der Waals surface area contributed by atoms with Crippen LogP contribution in [0.5, 0.6) is 0 Å². The molecule has 104 valence electrons. The van der Waals surface area contributed by atoms with Gasteiger partial charge in [-0.15, -0.1) is 0 Å². The lowest BCUT2D eigenvalue weighted by molar-refractivity contribution is -0.145. The van der Waals surface area contributed by atoms with Crippen LogP contribution in [0, 0.1) is 5.92 Å². The summed E-state index contributed by atoms with van der Waals surface area (Å²) in [5, 5.41) is 19.6. The van der Waals surface area contributed by atoms with Gasteiger partial charge in [-0.1, -0.05) is 6.92 Å². The Kier molecular flexibility index (Phi) is 4.28. The Morgan fingerprint density at radius 3 is 2.56 bits per heavy atom. The Morgan fingerprint density at radius 2 is 2.00 bits per heavy atom. The fourth-order valence-electron chi connectivity index (χ4n) is 3.50. The Hall–Kier alpha value is -0.610. The monoisotopic (exact) mass is 255 g/mol. The topological polar surface area (TPSA) is 60.8 Å². The number of carboxylic acid groups (broad SMARTS) is 1. The molecule has 0 amide bonds. The molecule has 0 aromatic rings. The van der Waals surface area contributed by atoms with Crippen molar-refractivity contribution in [3.8, 4) is 0 Å². The number of hydrogen-bond acceptors (Lipinski definition) is 3. The van der Waals surface area contributed by atoms with E-state index in [9.17, 15) is 9.90 Å². The fraction of sp³-hybridized carbons (Fsp3) is 0.929. The number of aliphatic hydroxyl groups is 1. The SMILES string of the molecule is CCC1CCCN1CC1(O)CCC(C(=O)O)CC1. The number of likely N-dealkylation sites (tertiary alicyclic amines) is 1. The van der Waals surface area contributed by atoms with Crippen LogP contribution in [-0.4, -0.2) is 45.8 Å². The first-order chi connectivity index (χ1) is 8.54. The zero-order valence-corrected chi connectivity index (χ0v) is 11.3. The van der Waals surface area contributed by atoms with Crippen LogP contribution in [0.1, 0.15) is 51.9 Å². The number of rotatable bonds is 4. The summed E-state index contributed by atoms with van der Waals surface area (Å²) < 4.78 is 0. The Balaban J connectivity index is 1.87. The Labute approximate surface area is 109 Å². The Bertz CT molecular complexity index is 297. The maximum Gasteiger partial charge on any atom is 0.306 e. The Morgan fingerprint density at radius 1 is 1.33 bits per heavy atom. The minimum absolute atomic E-state index is 0.245. The van der Waals surface area contributed by atoms with E-state index in [2.05, 4.69) is 11.8 Å². The largest absolute Gasteiger partial charge is 0.481 e. The summed E-state index contributed by atoms with van der Waals surface area (Å²) in [6, 6.07) is 0.617. The molecule has 1 aliphatic carbocycles. The lowest BCUT2D eigenvalue weighted by atomic mass is 9.78. The first-order valence-corrected chi connectivity index (χ1v) is 7.23. The number of carboxylic acids is 1.